The molecule has 21 heavy (non-hydrogen) atoms. The number of aryl methyl sites for hydroxylation is 1. The van der Waals surface area contributed by atoms with Crippen molar-refractivity contribution >= 4 is 11.4 Å². The molecule has 0 aliphatic carbocycles. The van der Waals surface area contributed by atoms with Crippen LogP contribution < -0.4 is 10.2 Å². The van der Waals surface area contributed by atoms with Crippen molar-refractivity contribution in [1.29, 1.82) is 0 Å². The molecule has 0 saturated carbocycles. The van der Waals surface area contributed by atoms with Gasteiger partial charge >= 0.3 is 0 Å². The Morgan fingerprint density at radius 1 is 1.10 bits per heavy atom. The number of fused-ring (bicyclic) bond motifs is 1. The molecule has 1 aliphatic rings. The van der Waals surface area contributed by atoms with Crippen LogP contribution in [0.1, 0.15) is 18.1 Å². The van der Waals surface area contributed by atoms with E-state index in [4.69, 9.17) is 0 Å². The summed E-state index contributed by atoms with van der Waals surface area (Å²) < 4.78 is 0. The summed E-state index contributed by atoms with van der Waals surface area (Å²) >= 11 is 0. The maximum absolute atomic E-state index is 3.56. The Bertz CT molecular complexity index is 589. The lowest BCUT2D eigenvalue weighted by Gasteiger charge is -2.30. The molecule has 2 nitrogen and oxygen atoms in total. The van der Waals surface area contributed by atoms with Crippen LogP contribution >= 0.6 is 0 Å². The predicted molar refractivity (Wildman–Crippen MR) is 91.2 cm³/mol. The van der Waals surface area contributed by atoms with Gasteiger partial charge in [-0.2, -0.15) is 0 Å². The van der Waals surface area contributed by atoms with Gasteiger partial charge in [-0.1, -0.05) is 37.3 Å². The Kier molecular flexibility index (Phi) is 4.14. The number of hydrogen-bond acceptors (Lipinski definition) is 2. The van der Waals surface area contributed by atoms with Crippen molar-refractivity contribution in [2.75, 3.05) is 30.4 Å². The first-order valence-electron chi connectivity index (χ1n) is 7.88. The molecular formula is C19H24N2. The van der Waals surface area contributed by atoms with E-state index in [2.05, 4.69) is 72.7 Å². The van der Waals surface area contributed by atoms with Gasteiger partial charge in [0.15, 0.2) is 0 Å². The number of nitrogens with one attached hydrogen (secondary N) is 1. The van der Waals surface area contributed by atoms with E-state index in [1.54, 1.807) is 0 Å². The minimum atomic E-state index is 0.663. The zero-order chi connectivity index (χ0) is 14.7. The molecule has 0 bridgehead atoms. The fourth-order valence-corrected chi connectivity index (χ4v) is 3.12. The van der Waals surface area contributed by atoms with E-state index in [-0.39, 0.29) is 0 Å². The average molecular weight is 280 g/mol. The van der Waals surface area contributed by atoms with Crippen molar-refractivity contribution in [2.24, 2.45) is 5.92 Å². The van der Waals surface area contributed by atoms with Crippen molar-refractivity contribution in [1.82, 2.24) is 0 Å². The minimum Gasteiger partial charge on any atom is -0.384 e. The molecule has 2 aromatic carbocycles. The third-order valence-corrected chi connectivity index (χ3v) is 4.42. The van der Waals surface area contributed by atoms with Gasteiger partial charge < -0.3 is 10.2 Å². The summed E-state index contributed by atoms with van der Waals surface area (Å²) in [6.45, 7) is 4.35. The molecule has 2 aromatic rings. The van der Waals surface area contributed by atoms with Crippen LogP contribution in [0.5, 0.6) is 0 Å². The van der Waals surface area contributed by atoms with Gasteiger partial charge in [0, 0.05) is 31.5 Å². The molecular weight excluding hydrogens is 256 g/mol. The molecule has 0 radical (unpaired) electrons. The summed E-state index contributed by atoms with van der Waals surface area (Å²) in [5.74, 6) is 0.663. The number of rotatable bonds is 4. The van der Waals surface area contributed by atoms with Gasteiger partial charge in [0.25, 0.3) is 0 Å². The number of nitrogens with zero attached hydrogens (tertiary/aromatic N) is 1. The standard InChI is InChI=1S/C19H24N2/c1-3-15-8-10-18(11-9-15)21(2)14-16-12-17-6-4-5-7-19(17)20-13-16/h4-11,16,20H,3,12-14H2,1-2H3. The van der Waals surface area contributed by atoms with Crippen LogP contribution in [0, 0.1) is 5.92 Å². The van der Waals surface area contributed by atoms with Crippen molar-refractivity contribution in [3.05, 3.63) is 59.7 Å². The van der Waals surface area contributed by atoms with Gasteiger partial charge in [0.1, 0.15) is 0 Å². The summed E-state index contributed by atoms with van der Waals surface area (Å²) in [7, 11) is 2.20. The molecule has 2 heteroatoms. The van der Waals surface area contributed by atoms with Gasteiger partial charge in [0.2, 0.25) is 0 Å². The maximum Gasteiger partial charge on any atom is 0.0372 e. The Hall–Kier alpha value is -1.96. The highest BCUT2D eigenvalue weighted by Crippen LogP contribution is 2.25. The van der Waals surface area contributed by atoms with Gasteiger partial charge in [-0.3, -0.25) is 0 Å². The molecule has 0 saturated heterocycles. The number of hydrogen-bond donors (Lipinski definition) is 1. The molecule has 1 unspecified atom stereocenters. The van der Waals surface area contributed by atoms with E-state index >= 15 is 0 Å². The molecule has 1 heterocycles. The van der Waals surface area contributed by atoms with Crippen LogP contribution in [0.2, 0.25) is 0 Å². The van der Waals surface area contributed by atoms with Crippen molar-refractivity contribution < 1.29 is 0 Å². The van der Waals surface area contributed by atoms with E-state index in [0.29, 0.717) is 5.92 Å². The highest BCUT2D eigenvalue weighted by Gasteiger charge is 2.19. The molecule has 3 rings (SSSR count). The van der Waals surface area contributed by atoms with Crippen LogP contribution in [0.3, 0.4) is 0 Å². The SMILES string of the molecule is CCc1ccc(N(C)CC2CNc3ccccc3C2)cc1. The second kappa shape index (κ2) is 6.21. The smallest absolute Gasteiger partial charge is 0.0372 e. The highest BCUT2D eigenvalue weighted by atomic mass is 15.1. The summed E-state index contributed by atoms with van der Waals surface area (Å²) in [6.07, 6.45) is 2.27. The fraction of sp³-hybridized carbons (Fsp3) is 0.368. The van der Waals surface area contributed by atoms with Gasteiger partial charge in [-0.05, 0) is 48.1 Å². The monoisotopic (exact) mass is 280 g/mol. The molecule has 0 amide bonds. The third-order valence-electron chi connectivity index (χ3n) is 4.42. The lowest BCUT2D eigenvalue weighted by molar-refractivity contribution is 0.536. The van der Waals surface area contributed by atoms with E-state index in [1.165, 1.54) is 28.9 Å². The van der Waals surface area contributed by atoms with Crippen LogP contribution in [0.15, 0.2) is 48.5 Å². The maximum atomic E-state index is 3.56. The topological polar surface area (TPSA) is 15.3 Å². The summed E-state index contributed by atoms with van der Waals surface area (Å²) in [6, 6.07) is 17.6. The lowest BCUT2D eigenvalue weighted by atomic mass is 9.93. The average Bonchev–Trinajstić information content (AvgIpc) is 2.55. The van der Waals surface area contributed by atoms with Gasteiger partial charge in [-0.25, -0.2) is 0 Å². The Labute approximate surface area is 127 Å². The molecule has 0 fully saturated rings. The molecule has 1 N–H and O–H groups in total. The lowest BCUT2D eigenvalue weighted by Crippen LogP contribution is -2.33. The number of anilines is 2. The third kappa shape index (κ3) is 3.21. The fourth-order valence-electron chi connectivity index (χ4n) is 3.12. The Morgan fingerprint density at radius 3 is 2.62 bits per heavy atom. The largest absolute Gasteiger partial charge is 0.384 e. The Balaban J connectivity index is 1.64. The quantitative estimate of drug-likeness (QED) is 0.911. The molecule has 0 aromatic heterocycles. The first-order chi connectivity index (χ1) is 10.3. The highest BCUT2D eigenvalue weighted by molar-refractivity contribution is 5.53. The first-order valence-corrected chi connectivity index (χ1v) is 7.88. The summed E-state index contributed by atoms with van der Waals surface area (Å²) in [5, 5.41) is 3.56. The summed E-state index contributed by atoms with van der Waals surface area (Å²) in [4.78, 5) is 2.37. The predicted octanol–water partition coefficient (Wildman–Crippen LogP) is 3.97. The Morgan fingerprint density at radius 2 is 1.86 bits per heavy atom. The van der Waals surface area contributed by atoms with Gasteiger partial charge in [-0.15, -0.1) is 0 Å². The number of para-hydroxylation sites is 1. The summed E-state index contributed by atoms with van der Waals surface area (Å²) in [5.41, 5.74) is 5.47. The van der Waals surface area contributed by atoms with Gasteiger partial charge in [0.05, 0.1) is 0 Å². The van der Waals surface area contributed by atoms with E-state index in [0.717, 1.165) is 19.5 Å². The van der Waals surface area contributed by atoms with Crippen LogP contribution in [-0.4, -0.2) is 20.1 Å². The van der Waals surface area contributed by atoms with Crippen LogP contribution in [-0.2, 0) is 12.8 Å². The van der Waals surface area contributed by atoms with E-state index in [9.17, 15) is 0 Å². The molecule has 1 aliphatic heterocycles. The van der Waals surface area contributed by atoms with Crippen molar-refractivity contribution in [2.45, 2.75) is 19.8 Å². The zero-order valence-corrected chi connectivity index (χ0v) is 13.0. The van der Waals surface area contributed by atoms with E-state index in [1.807, 2.05) is 0 Å². The van der Waals surface area contributed by atoms with Crippen LogP contribution in [0.4, 0.5) is 11.4 Å². The second-order valence-corrected chi connectivity index (χ2v) is 6.01. The zero-order valence-electron chi connectivity index (χ0n) is 13.0. The number of benzene rings is 2. The van der Waals surface area contributed by atoms with Crippen LogP contribution in [0.25, 0.3) is 0 Å². The molecule has 1 atom stereocenters. The first kappa shape index (κ1) is 14.0. The second-order valence-electron chi connectivity index (χ2n) is 6.01. The van der Waals surface area contributed by atoms with Crippen molar-refractivity contribution in [3.8, 4) is 0 Å². The van der Waals surface area contributed by atoms with E-state index < -0.39 is 0 Å². The molecule has 110 valence electrons. The molecule has 0 spiro atoms. The minimum absolute atomic E-state index is 0.663. The normalized spacial score (nSPS) is 17.0. The van der Waals surface area contributed by atoms with Crippen molar-refractivity contribution in [3.63, 3.8) is 0 Å².